The summed E-state index contributed by atoms with van der Waals surface area (Å²) in [6, 6.07) is 6.59. The fourth-order valence-corrected chi connectivity index (χ4v) is 4.33. The molecule has 1 aromatic carbocycles. The number of nitrogens with zero attached hydrogens (tertiary/aromatic N) is 1. The Kier molecular flexibility index (Phi) is 3.42. The first-order valence-electron chi connectivity index (χ1n) is 6.52. The molecule has 0 aliphatic carbocycles. The lowest BCUT2D eigenvalue weighted by Crippen LogP contribution is -2.48. The lowest BCUT2D eigenvalue weighted by atomic mass is 10.2. The highest BCUT2D eigenvalue weighted by Crippen LogP contribution is 2.47. The Morgan fingerprint density at radius 1 is 1.45 bits per heavy atom. The molecule has 0 saturated carbocycles. The minimum absolute atomic E-state index is 0.0776. The Hall–Kier alpha value is -1.20. The first-order chi connectivity index (χ1) is 9.49. The SMILES string of the molecule is CC12CCC(=O)N1C(C(=O)Nc1ccc(Cl)cc1)CS2. The van der Waals surface area contributed by atoms with Crippen LogP contribution in [0.5, 0.6) is 0 Å². The molecule has 2 unspecified atom stereocenters. The standard InChI is InChI=1S/C14H15ClN2O2S/c1-14-7-6-12(18)17(14)11(8-20-14)13(19)16-10-4-2-9(15)3-5-10/h2-5,11H,6-8H2,1H3,(H,16,19). The van der Waals surface area contributed by atoms with Crippen LogP contribution >= 0.6 is 23.4 Å². The third kappa shape index (κ3) is 2.29. The molecule has 20 heavy (non-hydrogen) atoms. The predicted molar refractivity (Wildman–Crippen MR) is 80.8 cm³/mol. The molecule has 4 nitrogen and oxygen atoms in total. The summed E-state index contributed by atoms with van der Waals surface area (Å²) < 4.78 is 0. The number of carbonyl (C=O) groups excluding carboxylic acids is 2. The molecule has 0 bridgehead atoms. The molecule has 2 aliphatic heterocycles. The molecule has 2 fully saturated rings. The maximum absolute atomic E-state index is 12.4. The van der Waals surface area contributed by atoms with E-state index >= 15 is 0 Å². The zero-order valence-corrected chi connectivity index (χ0v) is 12.6. The van der Waals surface area contributed by atoms with Crippen molar-refractivity contribution in [2.24, 2.45) is 0 Å². The zero-order chi connectivity index (χ0) is 14.3. The first-order valence-corrected chi connectivity index (χ1v) is 7.88. The molecular formula is C14H15ClN2O2S. The van der Waals surface area contributed by atoms with Gasteiger partial charge in [-0.05, 0) is 37.6 Å². The largest absolute Gasteiger partial charge is 0.324 e. The van der Waals surface area contributed by atoms with Crippen molar-refractivity contribution in [3.05, 3.63) is 29.3 Å². The van der Waals surface area contributed by atoms with E-state index in [1.165, 1.54) is 0 Å². The minimum atomic E-state index is -0.379. The number of hydrogen-bond donors (Lipinski definition) is 1. The smallest absolute Gasteiger partial charge is 0.248 e. The molecule has 1 N–H and O–H groups in total. The van der Waals surface area contributed by atoms with Gasteiger partial charge >= 0.3 is 0 Å². The van der Waals surface area contributed by atoms with Gasteiger partial charge in [-0.1, -0.05) is 11.6 Å². The van der Waals surface area contributed by atoms with E-state index < -0.39 is 0 Å². The molecule has 0 spiro atoms. The number of carbonyl (C=O) groups is 2. The van der Waals surface area contributed by atoms with Gasteiger partial charge in [0.05, 0.1) is 4.87 Å². The number of nitrogens with one attached hydrogen (secondary N) is 1. The van der Waals surface area contributed by atoms with Crippen molar-refractivity contribution >= 4 is 40.9 Å². The molecule has 2 amide bonds. The average Bonchev–Trinajstić information content (AvgIpc) is 2.90. The van der Waals surface area contributed by atoms with Crippen molar-refractivity contribution in [1.29, 1.82) is 0 Å². The number of benzene rings is 1. The van der Waals surface area contributed by atoms with Gasteiger partial charge in [0.25, 0.3) is 0 Å². The second-order valence-corrected chi connectivity index (χ2v) is 7.20. The van der Waals surface area contributed by atoms with Crippen molar-refractivity contribution in [2.75, 3.05) is 11.1 Å². The quantitative estimate of drug-likeness (QED) is 0.914. The van der Waals surface area contributed by atoms with E-state index in [1.54, 1.807) is 40.9 Å². The van der Waals surface area contributed by atoms with Gasteiger partial charge in [-0.2, -0.15) is 0 Å². The maximum atomic E-state index is 12.4. The Balaban J connectivity index is 1.75. The predicted octanol–water partition coefficient (Wildman–Crippen LogP) is 2.73. The average molecular weight is 311 g/mol. The topological polar surface area (TPSA) is 49.4 Å². The van der Waals surface area contributed by atoms with Crippen LogP contribution in [-0.2, 0) is 9.59 Å². The van der Waals surface area contributed by atoms with E-state index in [0.717, 1.165) is 6.42 Å². The normalized spacial score (nSPS) is 28.6. The van der Waals surface area contributed by atoms with Gasteiger partial charge in [-0.15, -0.1) is 11.8 Å². The van der Waals surface area contributed by atoms with Gasteiger partial charge < -0.3 is 10.2 Å². The number of thioether (sulfide) groups is 1. The summed E-state index contributed by atoms with van der Waals surface area (Å²) in [6.07, 6.45) is 1.36. The first kappa shape index (κ1) is 13.8. The van der Waals surface area contributed by atoms with Crippen LogP contribution in [0.1, 0.15) is 19.8 Å². The van der Waals surface area contributed by atoms with Crippen molar-refractivity contribution in [3.63, 3.8) is 0 Å². The highest BCUT2D eigenvalue weighted by molar-refractivity contribution is 8.01. The van der Waals surface area contributed by atoms with Crippen molar-refractivity contribution in [3.8, 4) is 0 Å². The molecule has 0 radical (unpaired) electrons. The highest BCUT2D eigenvalue weighted by atomic mass is 35.5. The van der Waals surface area contributed by atoms with E-state index in [4.69, 9.17) is 11.6 Å². The van der Waals surface area contributed by atoms with Crippen LogP contribution in [-0.4, -0.2) is 33.4 Å². The van der Waals surface area contributed by atoms with Crippen LogP contribution in [0.15, 0.2) is 24.3 Å². The van der Waals surface area contributed by atoms with Crippen LogP contribution in [0.2, 0.25) is 5.02 Å². The second kappa shape index (κ2) is 4.97. The van der Waals surface area contributed by atoms with Gasteiger partial charge in [0.1, 0.15) is 6.04 Å². The molecule has 106 valence electrons. The number of rotatable bonds is 2. The van der Waals surface area contributed by atoms with Crippen LogP contribution in [0.25, 0.3) is 0 Å². The molecule has 2 heterocycles. The minimum Gasteiger partial charge on any atom is -0.324 e. The van der Waals surface area contributed by atoms with Gasteiger partial charge in [-0.25, -0.2) is 0 Å². The van der Waals surface area contributed by atoms with E-state index in [-0.39, 0.29) is 22.7 Å². The van der Waals surface area contributed by atoms with Crippen LogP contribution in [0, 0.1) is 0 Å². The van der Waals surface area contributed by atoms with Crippen molar-refractivity contribution < 1.29 is 9.59 Å². The monoisotopic (exact) mass is 310 g/mol. The summed E-state index contributed by atoms with van der Waals surface area (Å²) in [5.74, 6) is 0.606. The second-order valence-electron chi connectivity index (χ2n) is 5.26. The van der Waals surface area contributed by atoms with Gasteiger partial charge in [0, 0.05) is 22.9 Å². The van der Waals surface area contributed by atoms with Crippen LogP contribution < -0.4 is 5.32 Å². The lowest BCUT2D eigenvalue weighted by Gasteiger charge is -2.29. The third-order valence-electron chi connectivity index (χ3n) is 3.86. The van der Waals surface area contributed by atoms with Gasteiger partial charge in [0.15, 0.2) is 0 Å². The number of fused-ring (bicyclic) bond motifs is 1. The van der Waals surface area contributed by atoms with Crippen molar-refractivity contribution in [2.45, 2.75) is 30.7 Å². The third-order valence-corrected chi connectivity index (χ3v) is 5.62. The number of anilines is 1. The maximum Gasteiger partial charge on any atom is 0.248 e. The van der Waals surface area contributed by atoms with Crippen LogP contribution in [0.3, 0.4) is 0 Å². The van der Waals surface area contributed by atoms with E-state index in [2.05, 4.69) is 5.32 Å². The van der Waals surface area contributed by atoms with E-state index in [1.807, 2.05) is 6.92 Å². The molecule has 1 aromatic rings. The summed E-state index contributed by atoms with van der Waals surface area (Å²) in [5, 5.41) is 3.48. The number of halogens is 1. The zero-order valence-electron chi connectivity index (χ0n) is 11.1. The Morgan fingerprint density at radius 2 is 2.15 bits per heavy atom. The van der Waals surface area contributed by atoms with Gasteiger partial charge in [-0.3, -0.25) is 9.59 Å². The van der Waals surface area contributed by atoms with Crippen LogP contribution in [0.4, 0.5) is 5.69 Å². The Labute approximate surface area is 126 Å². The molecule has 2 atom stereocenters. The Bertz CT molecular complexity index is 563. The molecule has 3 rings (SSSR count). The van der Waals surface area contributed by atoms with Gasteiger partial charge in [0.2, 0.25) is 11.8 Å². The van der Waals surface area contributed by atoms with E-state index in [0.29, 0.717) is 22.9 Å². The number of hydrogen-bond acceptors (Lipinski definition) is 3. The summed E-state index contributed by atoms with van der Waals surface area (Å²) >= 11 is 7.51. The van der Waals surface area contributed by atoms with Crippen molar-refractivity contribution in [1.82, 2.24) is 4.90 Å². The fraction of sp³-hybridized carbons (Fsp3) is 0.429. The molecule has 2 aliphatic rings. The number of amides is 2. The fourth-order valence-electron chi connectivity index (χ4n) is 2.77. The molecule has 0 aromatic heterocycles. The summed E-state index contributed by atoms with van der Waals surface area (Å²) in [5.41, 5.74) is 0.699. The summed E-state index contributed by atoms with van der Waals surface area (Å²) in [4.78, 5) is 25.9. The van der Waals surface area contributed by atoms with E-state index in [9.17, 15) is 9.59 Å². The molecule has 6 heteroatoms. The lowest BCUT2D eigenvalue weighted by molar-refractivity contribution is -0.135. The molecular weight excluding hydrogens is 296 g/mol. The summed E-state index contributed by atoms with van der Waals surface area (Å²) in [6.45, 7) is 2.04. The summed E-state index contributed by atoms with van der Waals surface area (Å²) in [7, 11) is 0. The molecule has 2 saturated heterocycles. The Morgan fingerprint density at radius 3 is 2.85 bits per heavy atom. The highest BCUT2D eigenvalue weighted by Gasteiger charge is 2.52.